The van der Waals surface area contributed by atoms with Crippen molar-refractivity contribution in [1.82, 2.24) is 5.32 Å². The van der Waals surface area contributed by atoms with E-state index in [-0.39, 0.29) is 19.6 Å². The number of hydrogen-bond donors (Lipinski definition) is 2. The maximum absolute atomic E-state index is 11.2. The molecule has 0 fully saturated rings. The number of aliphatic carboxylic acids is 1. The molecule has 0 radical (unpaired) electrons. The summed E-state index contributed by atoms with van der Waals surface area (Å²) in [4.78, 5) is 21.4. The van der Waals surface area contributed by atoms with Crippen molar-refractivity contribution in [3.05, 3.63) is 48.0 Å². The van der Waals surface area contributed by atoms with Gasteiger partial charge in [-0.05, 0) is 5.56 Å². The van der Waals surface area contributed by atoms with E-state index < -0.39 is 12.1 Å². The van der Waals surface area contributed by atoms with Gasteiger partial charge in [0.2, 0.25) is 0 Å². The highest BCUT2D eigenvalue weighted by Gasteiger charge is 2.00. The van der Waals surface area contributed by atoms with E-state index in [1.165, 1.54) is 6.08 Å². The van der Waals surface area contributed by atoms with Gasteiger partial charge in [0.1, 0.15) is 6.61 Å². The average Bonchev–Trinajstić information content (AvgIpc) is 2.37. The first-order valence-corrected chi connectivity index (χ1v) is 5.50. The van der Waals surface area contributed by atoms with Gasteiger partial charge in [0.25, 0.3) is 0 Å². The lowest BCUT2D eigenvalue weighted by Crippen LogP contribution is -2.24. The van der Waals surface area contributed by atoms with Crippen LogP contribution >= 0.6 is 0 Å². The van der Waals surface area contributed by atoms with Crippen molar-refractivity contribution in [1.29, 1.82) is 0 Å². The van der Waals surface area contributed by atoms with Crippen LogP contribution in [-0.4, -0.2) is 23.7 Å². The minimum atomic E-state index is -0.905. The smallest absolute Gasteiger partial charge is 0.407 e. The number of rotatable bonds is 6. The highest BCUT2D eigenvalue weighted by atomic mass is 16.5. The van der Waals surface area contributed by atoms with Gasteiger partial charge in [0, 0.05) is 6.54 Å². The second-order valence-corrected chi connectivity index (χ2v) is 3.51. The van der Waals surface area contributed by atoms with Crippen molar-refractivity contribution in [3.8, 4) is 0 Å². The quantitative estimate of drug-likeness (QED) is 0.755. The molecule has 2 N–H and O–H groups in total. The van der Waals surface area contributed by atoms with Gasteiger partial charge in [-0.1, -0.05) is 42.5 Å². The minimum Gasteiger partial charge on any atom is -0.481 e. The number of alkyl carbamates (subject to hydrolysis) is 1. The maximum Gasteiger partial charge on any atom is 0.407 e. The molecule has 0 saturated heterocycles. The van der Waals surface area contributed by atoms with Crippen LogP contribution in [0.25, 0.3) is 0 Å². The summed E-state index contributed by atoms with van der Waals surface area (Å²) >= 11 is 0. The summed E-state index contributed by atoms with van der Waals surface area (Å²) in [6.45, 7) is 0.465. The Balaban J connectivity index is 2.15. The normalized spacial score (nSPS) is 10.2. The molecule has 0 aromatic heterocycles. The number of benzene rings is 1. The molecule has 0 heterocycles. The highest BCUT2D eigenvalue weighted by Crippen LogP contribution is 2.00. The second kappa shape index (κ2) is 7.89. The van der Waals surface area contributed by atoms with Gasteiger partial charge in [-0.25, -0.2) is 4.79 Å². The number of hydrogen-bond acceptors (Lipinski definition) is 3. The fraction of sp³-hybridized carbons (Fsp3) is 0.231. The van der Waals surface area contributed by atoms with Crippen LogP contribution in [0.1, 0.15) is 12.0 Å². The Morgan fingerprint density at radius 2 is 1.94 bits per heavy atom. The zero-order chi connectivity index (χ0) is 13.2. The van der Waals surface area contributed by atoms with Crippen molar-refractivity contribution in [2.45, 2.75) is 13.0 Å². The zero-order valence-corrected chi connectivity index (χ0v) is 9.83. The molecule has 18 heavy (non-hydrogen) atoms. The molecule has 5 nitrogen and oxygen atoms in total. The van der Waals surface area contributed by atoms with Crippen LogP contribution in [0.5, 0.6) is 0 Å². The summed E-state index contributed by atoms with van der Waals surface area (Å²) < 4.78 is 4.96. The van der Waals surface area contributed by atoms with Gasteiger partial charge in [-0.15, -0.1) is 0 Å². The Bertz CT molecular complexity index is 414. The molecule has 1 rings (SSSR count). The first kappa shape index (κ1) is 13.8. The molecule has 0 saturated carbocycles. The predicted molar refractivity (Wildman–Crippen MR) is 66.0 cm³/mol. The lowest BCUT2D eigenvalue weighted by Gasteiger charge is -2.04. The Morgan fingerprint density at radius 3 is 2.61 bits per heavy atom. The Hall–Kier alpha value is -2.30. The Morgan fingerprint density at radius 1 is 1.22 bits per heavy atom. The van der Waals surface area contributed by atoms with Crippen LogP contribution in [-0.2, 0) is 16.1 Å². The third kappa shape index (κ3) is 6.32. The van der Waals surface area contributed by atoms with E-state index in [0.29, 0.717) is 0 Å². The van der Waals surface area contributed by atoms with Gasteiger partial charge in [0.05, 0.1) is 6.42 Å². The number of ether oxygens (including phenoxy) is 1. The first-order valence-electron chi connectivity index (χ1n) is 5.50. The second-order valence-electron chi connectivity index (χ2n) is 3.51. The molecule has 1 aromatic carbocycles. The van der Waals surface area contributed by atoms with Gasteiger partial charge >= 0.3 is 12.1 Å². The molecular weight excluding hydrogens is 234 g/mol. The molecule has 0 bridgehead atoms. The molecular formula is C13H15NO4. The number of carboxylic acids is 1. The minimum absolute atomic E-state index is 0.0548. The van der Waals surface area contributed by atoms with Crippen LogP contribution in [0.15, 0.2) is 42.5 Å². The Labute approximate surface area is 105 Å². The third-order valence-corrected chi connectivity index (χ3v) is 2.04. The van der Waals surface area contributed by atoms with E-state index in [9.17, 15) is 9.59 Å². The van der Waals surface area contributed by atoms with Crippen molar-refractivity contribution in [2.75, 3.05) is 6.54 Å². The van der Waals surface area contributed by atoms with Crippen molar-refractivity contribution >= 4 is 12.1 Å². The molecule has 1 amide bonds. The van der Waals surface area contributed by atoms with Gasteiger partial charge in [-0.2, -0.15) is 0 Å². The average molecular weight is 249 g/mol. The topological polar surface area (TPSA) is 75.6 Å². The summed E-state index contributed by atoms with van der Waals surface area (Å²) in [7, 11) is 0. The van der Waals surface area contributed by atoms with E-state index in [1.807, 2.05) is 30.3 Å². The molecule has 0 spiro atoms. The zero-order valence-electron chi connectivity index (χ0n) is 9.83. The molecule has 1 aromatic rings. The third-order valence-electron chi connectivity index (χ3n) is 2.04. The number of amides is 1. The summed E-state index contributed by atoms with van der Waals surface area (Å²) in [6, 6.07) is 9.34. The molecule has 0 aliphatic rings. The molecule has 0 unspecified atom stereocenters. The summed E-state index contributed by atoms with van der Waals surface area (Å²) in [5.74, 6) is -0.905. The van der Waals surface area contributed by atoms with Crippen molar-refractivity contribution < 1.29 is 19.4 Å². The number of nitrogens with one attached hydrogen (secondary N) is 1. The fourth-order valence-corrected chi connectivity index (χ4v) is 1.18. The number of carboxylic acid groups (broad SMARTS) is 1. The molecule has 5 heteroatoms. The van der Waals surface area contributed by atoms with E-state index in [4.69, 9.17) is 9.84 Å². The largest absolute Gasteiger partial charge is 0.481 e. The standard InChI is InChI=1S/C13H15NO4/c15-12(16)8-4-5-9-14-13(17)18-10-11-6-2-1-3-7-11/h1-7H,8-10H2,(H,14,17)(H,15,16)/b5-4+. The van der Waals surface area contributed by atoms with Crippen LogP contribution in [0.2, 0.25) is 0 Å². The Kier molecular flexibility index (Phi) is 6.03. The first-order chi connectivity index (χ1) is 8.68. The van der Waals surface area contributed by atoms with Gasteiger partial charge in [0.15, 0.2) is 0 Å². The summed E-state index contributed by atoms with van der Waals surface area (Å²) in [5.41, 5.74) is 0.911. The van der Waals surface area contributed by atoms with Crippen molar-refractivity contribution in [2.24, 2.45) is 0 Å². The van der Waals surface area contributed by atoms with E-state index in [0.717, 1.165) is 5.56 Å². The van der Waals surface area contributed by atoms with Gasteiger partial charge in [-0.3, -0.25) is 4.79 Å². The predicted octanol–water partition coefficient (Wildman–Crippen LogP) is 1.94. The monoisotopic (exact) mass is 249 g/mol. The van der Waals surface area contributed by atoms with Crippen LogP contribution < -0.4 is 5.32 Å². The molecule has 96 valence electrons. The lowest BCUT2D eigenvalue weighted by molar-refractivity contribution is -0.136. The summed E-state index contributed by atoms with van der Waals surface area (Å²) in [5, 5.41) is 10.9. The molecule has 0 aliphatic heterocycles. The lowest BCUT2D eigenvalue weighted by atomic mass is 10.2. The SMILES string of the molecule is O=C(O)C/C=C/CNC(=O)OCc1ccccc1. The van der Waals surface area contributed by atoms with Crippen LogP contribution in [0.3, 0.4) is 0 Å². The number of carbonyl (C=O) groups excluding carboxylic acids is 1. The van der Waals surface area contributed by atoms with E-state index >= 15 is 0 Å². The molecule has 0 aliphatic carbocycles. The summed E-state index contributed by atoms with van der Waals surface area (Å²) in [6.07, 6.45) is 2.46. The maximum atomic E-state index is 11.2. The fourth-order valence-electron chi connectivity index (χ4n) is 1.18. The molecule has 0 atom stereocenters. The van der Waals surface area contributed by atoms with Crippen LogP contribution in [0.4, 0.5) is 4.79 Å². The van der Waals surface area contributed by atoms with Gasteiger partial charge < -0.3 is 15.2 Å². The van der Waals surface area contributed by atoms with E-state index in [1.54, 1.807) is 6.08 Å². The highest BCUT2D eigenvalue weighted by molar-refractivity contribution is 5.69. The van der Waals surface area contributed by atoms with Crippen molar-refractivity contribution in [3.63, 3.8) is 0 Å². The van der Waals surface area contributed by atoms with Crippen LogP contribution in [0, 0.1) is 0 Å². The van der Waals surface area contributed by atoms with E-state index in [2.05, 4.69) is 5.32 Å². The number of carbonyl (C=O) groups is 2.